The predicted octanol–water partition coefficient (Wildman–Crippen LogP) is 0.352. The first-order valence-electron chi connectivity index (χ1n) is 5.46. The summed E-state index contributed by atoms with van der Waals surface area (Å²) in [5.74, 6) is 0.698. The van der Waals surface area contributed by atoms with Crippen molar-refractivity contribution in [2.24, 2.45) is 5.92 Å². The first-order chi connectivity index (χ1) is 6.74. The normalized spacial score (nSPS) is 30.6. The van der Waals surface area contributed by atoms with E-state index in [1.165, 1.54) is 6.42 Å². The summed E-state index contributed by atoms with van der Waals surface area (Å²) >= 11 is 0. The van der Waals surface area contributed by atoms with Gasteiger partial charge in [-0.1, -0.05) is 0 Å². The van der Waals surface area contributed by atoms with Crippen molar-refractivity contribution < 1.29 is 4.79 Å². The fraction of sp³-hybridized carbons (Fsp3) is 0.900. The maximum absolute atomic E-state index is 11.9. The van der Waals surface area contributed by atoms with Crippen molar-refractivity contribution in [3.63, 3.8) is 0 Å². The van der Waals surface area contributed by atoms with Gasteiger partial charge in [-0.3, -0.25) is 0 Å². The third kappa shape index (κ3) is 1.47. The average molecular weight is 197 g/mol. The van der Waals surface area contributed by atoms with E-state index in [9.17, 15) is 4.79 Å². The van der Waals surface area contributed by atoms with Crippen LogP contribution in [0.15, 0.2) is 0 Å². The SMILES string of the molecule is CCN(C)C(=O)N1CC[C@H]2CNC[C@H]21. The highest BCUT2D eigenvalue weighted by molar-refractivity contribution is 5.75. The molecule has 4 nitrogen and oxygen atoms in total. The summed E-state index contributed by atoms with van der Waals surface area (Å²) in [5, 5.41) is 3.35. The zero-order valence-electron chi connectivity index (χ0n) is 8.99. The Balaban J connectivity index is 2.01. The predicted molar refractivity (Wildman–Crippen MR) is 55.2 cm³/mol. The van der Waals surface area contributed by atoms with E-state index in [0.717, 1.165) is 26.2 Å². The van der Waals surface area contributed by atoms with E-state index in [4.69, 9.17) is 0 Å². The van der Waals surface area contributed by atoms with Crippen molar-refractivity contribution in [2.45, 2.75) is 19.4 Å². The third-order valence-corrected chi connectivity index (χ3v) is 3.49. The average Bonchev–Trinajstić information content (AvgIpc) is 2.76. The zero-order valence-corrected chi connectivity index (χ0v) is 8.99. The van der Waals surface area contributed by atoms with Crippen LogP contribution in [0.2, 0.25) is 0 Å². The first kappa shape index (κ1) is 9.77. The van der Waals surface area contributed by atoms with Crippen molar-refractivity contribution in [2.75, 3.05) is 33.2 Å². The molecule has 0 aliphatic carbocycles. The van der Waals surface area contributed by atoms with E-state index in [2.05, 4.69) is 5.32 Å². The molecule has 14 heavy (non-hydrogen) atoms. The largest absolute Gasteiger partial charge is 0.328 e. The van der Waals surface area contributed by atoms with Crippen LogP contribution in [0.5, 0.6) is 0 Å². The van der Waals surface area contributed by atoms with Gasteiger partial charge < -0.3 is 15.1 Å². The fourth-order valence-electron chi connectivity index (χ4n) is 2.44. The highest BCUT2D eigenvalue weighted by Crippen LogP contribution is 2.27. The fourth-order valence-corrected chi connectivity index (χ4v) is 2.44. The molecule has 2 aliphatic heterocycles. The zero-order chi connectivity index (χ0) is 10.1. The molecule has 0 saturated carbocycles. The minimum atomic E-state index is 0.198. The van der Waals surface area contributed by atoms with E-state index in [0.29, 0.717) is 12.0 Å². The summed E-state index contributed by atoms with van der Waals surface area (Å²) in [7, 11) is 1.87. The summed E-state index contributed by atoms with van der Waals surface area (Å²) in [6.45, 7) is 5.82. The summed E-state index contributed by atoms with van der Waals surface area (Å²) in [6.07, 6.45) is 1.17. The van der Waals surface area contributed by atoms with Gasteiger partial charge in [0.15, 0.2) is 0 Å². The molecule has 4 heteroatoms. The molecule has 0 bridgehead atoms. The monoisotopic (exact) mass is 197 g/mol. The quantitative estimate of drug-likeness (QED) is 0.658. The van der Waals surface area contributed by atoms with Crippen molar-refractivity contribution in [3.05, 3.63) is 0 Å². The standard InChI is InChI=1S/C10H19N3O/c1-3-12(2)10(14)13-5-4-8-6-11-7-9(8)13/h8-9,11H,3-7H2,1-2H3/t8-,9+/m0/s1. The van der Waals surface area contributed by atoms with Crippen LogP contribution in [0.1, 0.15) is 13.3 Å². The number of carbonyl (C=O) groups is 1. The Morgan fingerprint density at radius 3 is 3.07 bits per heavy atom. The van der Waals surface area contributed by atoms with Gasteiger partial charge in [0.25, 0.3) is 0 Å². The Morgan fingerprint density at radius 2 is 2.36 bits per heavy atom. The molecule has 2 amide bonds. The molecule has 1 N–H and O–H groups in total. The van der Waals surface area contributed by atoms with Crippen LogP contribution in [-0.4, -0.2) is 55.1 Å². The molecule has 0 radical (unpaired) electrons. The highest BCUT2D eigenvalue weighted by atomic mass is 16.2. The Kier molecular flexibility index (Phi) is 2.63. The van der Waals surface area contributed by atoms with Gasteiger partial charge in [-0.05, 0) is 19.3 Å². The minimum absolute atomic E-state index is 0.198. The molecule has 0 spiro atoms. The molecule has 2 saturated heterocycles. The van der Waals surface area contributed by atoms with E-state index < -0.39 is 0 Å². The molecule has 2 atom stereocenters. The molecule has 0 aromatic rings. The number of nitrogens with one attached hydrogen (secondary N) is 1. The molecule has 0 unspecified atom stereocenters. The highest BCUT2D eigenvalue weighted by Gasteiger charge is 2.40. The number of nitrogens with zero attached hydrogens (tertiary/aromatic N) is 2. The number of amides is 2. The van der Waals surface area contributed by atoms with Gasteiger partial charge in [-0.15, -0.1) is 0 Å². The van der Waals surface area contributed by atoms with Crippen molar-refractivity contribution in [3.8, 4) is 0 Å². The van der Waals surface area contributed by atoms with E-state index in [1.807, 2.05) is 18.9 Å². The topological polar surface area (TPSA) is 35.6 Å². The maximum Gasteiger partial charge on any atom is 0.320 e. The van der Waals surface area contributed by atoms with Crippen LogP contribution in [0.25, 0.3) is 0 Å². The molecule has 0 aromatic heterocycles. The second kappa shape index (κ2) is 3.77. The number of hydrogen-bond donors (Lipinski definition) is 1. The number of fused-ring (bicyclic) bond motifs is 1. The lowest BCUT2D eigenvalue weighted by atomic mass is 10.1. The second-order valence-corrected chi connectivity index (χ2v) is 4.26. The molecule has 80 valence electrons. The molecule has 2 heterocycles. The van der Waals surface area contributed by atoms with E-state index in [1.54, 1.807) is 4.90 Å². The van der Waals surface area contributed by atoms with Gasteiger partial charge in [-0.25, -0.2) is 4.79 Å². The maximum atomic E-state index is 11.9. The second-order valence-electron chi connectivity index (χ2n) is 4.26. The summed E-state index contributed by atoms with van der Waals surface area (Å²) in [6, 6.07) is 0.653. The van der Waals surface area contributed by atoms with Gasteiger partial charge in [0.1, 0.15) is 0 Å². The van der Waals surface area contributed by atoms with Crippen LogP contribution >= 0.6 is 0 Å². The Bertz CT molecular complexity index is 231. The van der Waals surface area contributed by atoms with Gasteiger partial charge >= 0.3 is 6.03 Å². The van der Waals surface area contributed by atoms with Crippen LogP contribution in [0.4, 0.5) is 4.79 Å². The van der Waals surface area contributed by atoms with Crippen LogP contribution in [0, 0.1) is 5.92 Å². The van der Waals surface area contributed by atoms with Crippen LogP contribution in [-0.2, 0) is 0 Å². The van der Waals surface area contributed by atoms with Crippen LogP contribution < -0.4 is 5.32 Å². The molecule has 0 aromatic carbocycles. The Labute approximate surface area is 85.2 Å². The molecule has 2 fully saturated rings. The van der Waals surface area contributed by atoms with Crippen molar-refractivity contribution in [1.82, 2.24) is 15.1 Å². The third-order valence-electron chi connectivity index (χ3n) is 3.49. The Morgan fingerprint density at radius 1 is 1.57 bits per heavy atom. The lowest BCUT2D eigenvalue weighted by Gasteiger charge is -2.28. The van der Waals surface area contributed by atoms with E-state index in [-0.39, 0.29) is 6.03 Å². The first-order valence-corrected chi connectivity index (χ1v) is 5.46. The van der Waals surface area contributed by atoms with Crippen molar-refractivity contribution >= 4 is 6.03 Å². The summed E-state index contributed by atoms with van der Waals surface area (Å²) in [5.41, 5.74) is 0. The summed E-state index contributed by atoms with van der Waals surface area (Å²) < 4.78 is 0. The lowest BCUT2D eigenvalue weighted by molar-refractivity contribution is 0.159. The summed E-state index contributed by atoms with van der Waals surface area (Å²) in [4.78, 5) is 15.8. The number of urea groups is 1. The number of carbonyl (C=O) groups excluding carboxylic acids is 1. The molecule has 2 aliphatic rings. The van der Waals surface area contributed by atoms with Gasteiger partial charge in [0.05, 0.1) is 0 Å². The molecular weight excluding hydrogens is 178 g/mol. The van der Waals surface area contributed by atoms with Crippen molar-refractivity contribution in [1.29, 1.82) is 0 Å². The Hall–Kier alpha value is -0.770. The number of rotatable bonds is 1. The van der Waals surface area contributed by atoms with E-state index >= 15 is 0 Å². The van der Waals surface area contributed by atoms with Gasteiger partial charge in [0, 0.05) is 39.3 Å². The minimum Gasteiger partial charge on any atom is -0.328 e. The van der Waals surface area contributed by atoms with Gasteiger partial charge in [0.2, 0.25) is 0 Å². The number of likely N-dealkylation sites (tertiary alicyclic amines) is 1. The van der Waals surface area contributed by atoms with Gasteiger partial charge in [-0.2, -0.15) is 0 Å². The lowest BCUT2D eigenvalue weighted by Crippen LogP contribution is -2.45. The molecular formula is C10H19N3O. The van der Waals surface area contributed by atoms with Crippen LogP contribution in [0.3, 0.4) is 0 Å². The molecule has 2 rings (SSSR count). The number of hydrogen-bond acceptors (Lipinski definition) is 2. The smallest absolute Gasteiger partial charge is 0.320 e.